The van der Waals surface area contributed by atoms with Crippen LogP contribution in [0.2, 0.25) is 0 Å². The number of aliphatic carboxylic acids is 1. The van der Waals surface area contributed by atoms with Crippen LogP contribution in [0.4, 0.5) is 0 Å². The molecule has 12 atom stereocenters. The van der Waals surface area contributed by atoms with E-state index in [4.69, 9.17) is 0 Å². The van der Waals surface area contributed by atoms with Gasteiger partial charge in [0.25, 0.3) is 0 Å². The molecule has 5 aliphatic carbocycles. The number of hydrogen-bond donors (Lipinski definition) is 4. The van der Waals surface area contributed by atoms with E-state index < -0.39 is 29.0 Å². The van der Waals surface area contributed by atoms with Crippen molar-refractivity contribution in [1.29, 1.82) is 0 Å². The van der Waals surface area contributed by atoms with Crippen molar-refractivity contribution in [2.45, 2.75) is 105 Å². The van der Waals surface area contributed by atoms with Gasteiger partial charge in [0.05, 0.1) is 24.2 Å². The maximum atomic E-state index is 12.8. The molecule has 198 valence electrons. The highest BCUT2D eigenvalue weighted by Crippen LogP contribution is 2.75. The normalized spacial score (nSPS) is 57.7. The summed E-state index contributed by atoms with van der Waals surface area (Å²) in [6.45, 7) is 13.6. The second kappa shape index (κ2) is 7.80. The lowest BCUT2D eigenvalue weighted by atomic mass is 9.33. The highest BCUT2D eigenvalue weighted by molar-refractivity contribution is 5.76. The van der Waals surface area contributed by atoms with Crippen molar-refractivity contribution in [3.8, 4) is 0 Å². The Balaban J connectivity index is 1.62. The van der Waals surface area contributed by atoms with Crippen molar-refractivity contribution >= 4 is 5.97 Å². The van der Waals surface area contributed by atoms with Crippen molar-refractivity contribution in [1.82, 2.24) is 0 Å². The summed E-state index contributed by atoms with van der Waals surface area (Å²) in [6, 6.07) is 0. The van der Waals surface area contributed by atoms with Crippen LogP contribution in [-0.2, 0) is 4.79 Å². The number of allylic oxidation sites excluding steroid dienone is 2. The van der Waals surface area contributed by atoms with Crippen LogP contribution >= 0.6 is 0 Å². The largest absolute Gasteiger partial charge is 0.481 e. The van der Waals surface area contributed by atoms with Crippen molar-refractivity contribution < 1.29 is 25.2 Å². The lowest BCUT2D eigenvalue weighted by Gasteiger charge is -2.71. The van der Waals surface area contributed by atoms with Crippen LogP contribution in [0.25, 0.3) is 0 Å². The predicted octanol–water partition coefficient (Wildman–Crippen LogP) is 5.03. The summed E-state index contributed by atoms with van der Waals surface area (Å²) in [5.74, 6) is 0.828. The number of hydrogen-bond acceptors (Lipinski definition) is 4. The molecule has 0 saturated heterocycles. The fourth-order valence-corrected chi connectivity index (χ4v) is 11.0. The van der Waals surface area contributed by atoms with Crippen LogP contribution < -0.4 is 0 Å². The fourth-order valence-electron chi connectivity index (χ4n) is 11.0. The van der Waals surface area contributed by atoms with Gasteiger partial charge < -0.3 is 20.4 Å². The molecule has 35 heavy (non-hydrogen) atoms. The summed E-state index contributed by atoms with van der Waals surface area (Å²) in [4.78, 5) is 12.8. The van der Waals surface area contributed by atoms with Crippen molar-refractivity contribution in [3.05, 3.63) is 11.6 Å². The molecule has 5 nitrogen and oxygen atoms in total. The van der Waals surface area contributed by atoms with E-state index in [-0.39, 0.29) is 34.7 Å². The number of rotatable bonds is 2. The molecule has 0 bridgehead atoms. The Hall–Kier alpha value is -0.910. The molecular formula is C30H48O5. The Bertz CT molecular complexity index is 930. The summed E-state index contributed by atoms with van der Waals surface area (Å²) in [7, 11) is 0. The van der Waals surface area contributed by atoms with Gasteiger partial charge in [-0.15, -0.1) is 0 Å². The van der Waals surface area contributed by atoms with E-state index in [1.54, 1.807) is 0 Å². The zero-order valence-corrected chi connectivity index (χ0v) is 22.7. The molecule has 5 heteroatoms. The first-order chi connectivity index (χ1) is 16.2. The molecule has 0 spiro atoms. The molecule has 0 radical (unpaired) electrons. The summed E-state index contributed by atoms with van der Waals surface area (Å²) < 4.78 is 0. The minimum absolute atomic E-state index is 0.00815. The van der Waals surface area contributed by atoms with Crippen molar-refractivity contribution in [3.63, 3.8) is 0 Å². The number of carbonyl (C=O) groups is 1. The topological polar surface area (TPSA) is 98.0 Å². The van der Waals surface area contributed by atoms with Gasteiger partial charge in [-0.3, -0.25) is 4.79 Å². The standard InChI is InChI=1S/C30H48O5/c1-17-9-12-30(25(34)35)14-13-28(5)19(23(30)18(17)2)7-8-22-26(3)15-20(32)24(33)27(4,16-31)21(26)10-11-29(22,28)6/h7,17-18,20-24,31-33H,8-16H2,1-6H3,(H,34,35)/t17-,18+,20+,21-,22-,23+,24+,26+,27+,28-,29-,30+/m1/s1. The number of aliphatic hydroxyl groups is 3. The zero-order valence-electron chi connectivity index (χ0n) is 22.7. The van der Waals surface area contributed by atoms with Gasteiger partial charge in [0.1, 0.15) is 0 Å². The molecule has 0 unspecified atom stereocenters. The molecule has 0 aromatic rings. The van der Waals surface area contributed by atoms with Crippen LogP contribution in [0.3, 0.4) is 0 Å². The van der Waals surface area contributed by atoms with Gasteiger partial charge in [-0.2, -0.15) is 0 Å². The summed E-state index contributed by atoms with van der Waals surface area (Å²) in [5, 5.41) is 42.9. The van der Waals surface area contributed by atoms with Gasteiger partial charge in [0.2, 0.25) is 0 Å². The van der Waals surface area contributed by atoms with Crippen LogP contribution in [0.1, 0.15) is 92.9 Å². The number of fused-ring (bicyclic) bond motifs is 7. The first kappa shape index (κ1) is 25.7. The van der Waals surface area contributed by atoms with E-state index in [0.29, 0.717) is 24.2 Å². The molecule has 4 N–H and O–H groups in total. The van der Waals surface area contributed by atoms with Gasteiger partial charge in [-0.25, -0.2) is 0 Å². The second-order valence-electron chi connectivity index (χ2n) is 14.5. The van der Waals surface area contributed by atoms with Gasteiger partial charge in [0.15, 0.2) is 0 Å². The SMILES string of the molecule is C[C@H]1[C@H](C)CC[C@]2(C(=O)O)CC[C@]3(C)C(=CC[C@@H]4[C@@]5(C)C[C@H](O)[C@H](O)[C@@](C)(CO)[C@@H]5CC[C@]43C)[C@H]12. The maximum Gasteiger partial charge on any atom is 0.310 e. The third-order valence-electron chi connectivity index (χ3n) is 13.5. The molecule has 0 amide bonds. The minimum Gasteiger partial charge on any atom is -0.481 e. The van der Waals surface area contributed by atoms with E-state index in [9.17, 15) is 25.2 Å². The molecule has 0 aromatic carbocycles. The average Bonchev–Trinajstić information content (AvgIpc) is 2.80. The fraction of sp³-hybridized carbons (Fsp3) is 0.900. The molecule has 4 fully saturated rings. The molecule has 5 rings (SSSR count). The third-order valence-corrected chi connectivity index (χ3v) is 13.5. The monoisotopic (exact) mass is 488 g/mol. The molecule has 0 heterocycles. The summed E-state index contributed by atoms with van der Waals surface area (Å²) in [6.07, 6.45) is 7.51. The van der Waals surface area contributed by atoms with Crippen LogP contribution in [-0.4, -0.2) is 45.2 Å². The Labute approximate surface area is 211 Å². The predicted molar refractivity (Wildman–Crippen MR) is 135 cm³/mol. The number of carboxylic acid groups (broad SMARTS) is 1. The smallest absolute Gasteiger partial charge is 0.310 e. The van der Waals surface area contributed by atoms with Gasteiger partial charge >= 0.3 is 5.97 Å². The van der Waals surface area contributed by atoms with Gasteiger partial charge in [0, 0.05) is 5.41 Å². The molecule has 0 aliphatic heterocycles. The van der Waals surface area contributed by atoms with E-state index in [2.05, 4.69) is 40.7 Å². The Morgan fingerprint density at radius 2 is 1.69 bits per heavy atom. The quantitative estimate of drug-likeness (QED) is 0.409. The van der Waals surface area contributed by atoms with Gasteiger partial charge in [-0.1, -0.05) is 53.2 Å². The van der Waals surface area contributed by atoms with E-state index in [0.717, 1.165) is 44.9 Å². The molecule has 5 aliphatic rings. The summed E-state index contributed by atoms with van der Waals surface area (Å²) in [5.41, 5.74) is -0.214. The van der Waals surface area contributed by atoms with Crippen LogP contribution in [0.5, 0.6) is 0 Å². The van der Waals surface area contributed by atoms with Crippen molar-refractivity contribution in [2.75, 3.05) is 6.61 Å². The molecule has 0 aromatic heterocycles. The molecule has 4 saturated carbocycles. The maximum absolute atomic E-state index is 12.8. The molecular weight excluding hydrogens is 440 g/mol. The first-order valence-electron chi connectivity index (χ1n) is 14.1. The van der Waals surface area contributed by atoms with Gasteiger partial charge in [-0.05, 0) is 97.2 Å². The Morgan fingerprint density at radius 3 is 2.31 bits per heavy atom. The summed E-state index contributed by atoms with van der Waals surface area (Å²) >= 11 is 0. The minimum atomic E-state index is -0.907. The van der Waals surface area contributed by atoms with E-state index >= 15 is 0 Å². The lowest BCUT2D eigenvalue weighted by molar-refractivity contribution is -0.244. The second-order valence-corrected chi connectivity index (χ2v) is 14.5. The van der Waals surface area contributed by atoms with E-state index in [1.165, 1.54) is 5.57 Å². The highest BCUT2D eigenvalue weighted by atomic mass is 16.4. The number of carboxylic acids is 1. The van der Waals surface area contributed by atoms with E-state index in [1.807, 2.05) is 6.92 Å². The number of aliphatic hydroxyl groups excluding tert-OH is 3. The van der Waals surface area contributed by atoms with Crippen molar-refractivity contribution in [2.24, 2.45) is 56.7 Å². The Kier molecular flexibility index (Phi) is 5.73. The average molecular weight is 489 g/mol. The lowest BCUT2D eigenvalue weighted by Crippen LogP contribution is -2.68. The highest BCUT2D eigenvalue weighted by Gasteiger charge is 2.70. The first-order valence-corrected chi connectivity index (χ1v) is 14.1. The zero-order chi connectivity index (χ0) is 25.8. The third kappa shape index (κ3) is 2.95. The van der Waals surface area contributed by atoms with Crippen LogP contribution in [0.15, 0.2) is 11.6 Å². The van der Waals surface area contributed by atoms with Crippen LogP contribution in [0, 0.1) is 56.7 Å². The Morgan fingerprint density at radius 1 is 1.00 bits per heavy atom.